The first-order valence-electron chi connectivity index (χ1n) is 13.2. The number of morpholine rings is 1. The van der Waals surface area contributed by atoms with E-state index < -0.39 is 33.2 Å². The van der Waals surface area contributed by atoms with Crippen LogP contribution in [0.5, 0.6) is 0 Å². The zero-order valence-electron chi connectivity index (χ0n) is 22.2. The van der Waals surface area contributed by atoms with Crippen LogP contribution in [-0.2, 0) is 37.0 Å². The molecule has 1 fully saturated rings. The highest BCUT2D eigenvalue weighted by Crippen LogP contribution is 2.28. The topological polar surface area (TPSA) is 126 Å². The van der Waals surface area contributed by atoms with Gasteiger partial charge in [0.25, 0.3) is 5.91 Å². The Balaban J connectivity index is 1.17. The minimum absolute atomic E-state index is 0.0402. The quantitative estimate of drug-likeness (QED) is 0.255. The zero-order valence-corrected chi connectivity index (χ0v) is 24.6. The number of pyridine rings is 1. The summed E-state index contributed by atoms with van der Waals surface area (Å²) in [6.45, 7) is 5.21. The van der Waals surface area contributed by atoms with Gasteiger partial charge in [-0.2, -0.15) is 0 Å². The summed E-state index contributed by atoms with van der Waals surface area (Å²) in [5.74, 6) is -1.88. The van der Waals surface area contributed by atoms with Gasteiger partial charge < -0.3 is 10.1 Å². The number of nitrogens with zero attached hydrogens (tertiary/aromatic N) is 3. The van der Waals surface area contributed by atoms with Crippen molar-refractivity contribution in [2.75, 3.05) is 55.4 Å². The molecule has 0 bridgehead atoms. The number of imide groups is 1. The number of benzene rings is 1. The summed E-state index contributed by atoms with van der Waals surface area (Å²) in [5, 5.41) is 3.38. The molecular formula is C28H29ClN4O6S2. The number of halogens is 1. The zero-order chi connectivity index (χ0) is 29.0. The number of aromatic nitrogens is 1. The van der Waals surface area contributed by atoms with Crippen LogP contribution >= 0.6 is 22.9 Å². The Labute approximate surface area is 247 Å². The van der Waals surface area contributed by atoms with E-state index in [1.54, 1.807) is 12.1 Å². The maximum Gasteiger partial charge on any atom is 0.266 e. The number of anilines is 2. The van der Waals surface area contributed by atoms with E-state index in [1.807, 2.05) is 12.1 Å². The average molecular weight is 617 g/mol. The van der Waals surface area contributed by atoms with Gasteiger partial charge in [-0.05, 0) is 60.5 Å². The molecular weight excluding hydrogens is 588 g/mol. The molecule has 0 spiro atoms. The van der Waals surface area contributed by atoms with Gasteiger partial charge in [-0.3, -0.25) is 19.3 Å². The highest BCUT2D eigenvalue weighted by atomic mass is 35.5. The molecule has 2 aliphatic rings. The van der Waals surface area contributed by atoms with Crippen molar-refractivity contribution in [1.82, 2.24) is 9.88 Å². The Morgan fingerprint density at radius 1 is 1.10 bits per heavy atom. The average Bonchev–Trinajstić information content (AvgIpc) is 3.39. The van der Waals surface area contributed by atoms with Crippen LogP contribution in [0, 0.1) is 0 Å². The minimum Gasteiger partial charge on any atom is -0.385 e. The standard InChI is InChI=1S/C28H29ClN4O6S2/c29-24-5-7-27(40-24)41(37,38)18-22(34)14-19-2-6-25(31-17-19)33-26(35)16-20-15-21(3-4-23(20)28(33)36)30-8-1-9-32-10-12-39-13-11-32/h2-7,15,17,30H,1,8-14,16,18H2. The third-order valence-corrected chi connectivity index (χ3v) is 10.3. The van der Waals surface area contributed by atoms with Gasteiger partial charge in [0.05, 0.1) is 24.0 Å². The number of fused-ring (bicyclic) bond motifs is 1. The maximum atomic E-state index is 13.2. The number of hydrogen-bond acceptors (Lipinski definition) is 10. The van der Waals surface area contributed by atoms with E-state index in [2.05, 4.69) is 15.2 Å². The number of hydrogen-bond donors (Lipinski definition) is 1. The maximum absolute atomic E-state index is 13.2. The first kappa shape index (κ1) is 29.3. The van der Waals surface area contributed by atoms with Crippen LogP contribution in [0.4, 0.5) is 11.5 Å². The summed E-state index contributed by atoms with van der Waals surface area (Å²) in [5.41, 5.74) is 2.42. The molecule has 2 aliphatic heterocycles. The van der Waals surface area contributed by atoms with Crippen LogP contribution in [0.15, 0.2) is 52.9 Å². The van der Waals surface area contributed by atoms with Crippen molar-refractivity contribution in [2.45, 2.75) is 23.5 Å². The predicted molar refractivity (Wildman–Crippen MR) is 157 cm³/mol. The predicted octanol–water partition coefficient (Wildman–Crippen LogP) is 3.25. The SMILES string of the molecule is O=C(Cc1ccc(N2C(=O)Cc3cc(NCCCN4CCOCC4)ccc3C2=O)nc1)CS(=O)(=O)c1ccc(Cl)s1. The van der Waals surface area contributed by atoms with Gasteiger partial charge in [0.15, 0.2) is 15.6 Å². The van der Waals surface area contributed by atoms with E-state index in [4.69, 9.17) is 16.3 Å². The van der Waals surface area contributed by atoms with Crippen LogP contribution in [-0.4, -0.2) is 81.0 Å². The number of ketones is 1. The smallest absolute Gasteiger partial charge is 0.266 e. The second-order valence-electron chi connectivity index (χ2n) is 9.88. The lowest BCUT2D eigenvalue weighted by atomic mass is 9.97. The molecule has 1 aromatic carbocycles. The molecule has 2 aromatic heterocycles. The number of carbonyl (C=O) groups is 3. The Hall–Kier alpha value is -3.16. The number of rotatable bonds is 11. The minimum atomic E-state index is -3.79. The van der Waals surface area contributed by atoms with E-state index >= 15 is 0 Å². The molecule has 0 radical (unpaired) electrons. The number of Topliss-reactive ketones (excluding diaryl/α,β-unsaturated/α-hetero) is 1. The number of thiophene rings is 1. The first-order chi connectivity index (χ1) is 19.7. The van der Waals surface area contributed by atoms with E-state index in [0.717, 1.165) is 67.7 Å². The van der Waals surface area contributed by atoms with Crippen molar-refractivity contribution in [3.05, 3.63) is 69.7 Å². The fraction of sp³-hybridized carbons (Fsp3) is 0.357. The summed E-state index contributed by atoms with van der Waals surface area (Å²) in [4.78, 5) is 46.3. The lowest BCUT2D eigenvalue weighted by molar-refractivity contribution is -0.118. The monoisotopic (exact) mass is 616 g/mol. The van der Waals surface area contributed by atoms with E-state index in [9.17, 15) is 22.8 Å². The Kier molecular flexibility index (Phi) is 9.15. The number of sulfone groups is 1. The van der Waals surface area contributed by atoms with Gasteiger partial charge in [-0.1, -0.05) is 17.7 Å². The van der Waals surface area contributed by atoms with Crippen LogP contribution < -0.4 is 10.2 Å². The van der Waals surface area contributed by atoms with Crippen molar-refractivity contribution in [2.24, 2.45) is 0 Å². The van der Waals surface area contributed by atoms with Crippen molar-refractivity contribution >= 4 is 61.9 Å². The fourth-order valence-electron chi connectivity index (χ4n) is 4.81. The van der Waals surface area contributed by atoms with Crippen molar-refractivity contribution in [3.8, 4) is 0 Å². The lowest BCUT2D eigenvalue weighted by Gasteiger charge is -2.27. The van der Waals surface area contributed by atoms with Crippen LogP contribution in [0.25, 0.3) is 0 Å². The van der Waals surface area contributed by atoms with Gasteiger partial charge in [0.1, 0.15) is 15.8 Å². The molecule has 1 N–H and O–H groups in total. The van der Waals surface area contributed by atoms with Gasteiger partial charge in [-0.25, -0.2) is 18.3 Å². The largest absolute Gasteiger partial charge is 0.385 e. The van der Waals surface area contributed by atoms with Crippen LogP contribution in [0.1, 0.15) is 27.9 Å². The first-order valence-corrected chi connectivity index (χ1v) is 16.0. The molecule has 2 amide bonds. The summed E-state index contributed by atoms with van der Waals surface area (Å²) >= 11 is 6.72. The van der Waals surface area contributed by atoms with Gasteiger partial charge in [0.2, 0.25) is 5.91 Å². The third kappa shape index (κ3) is 7.19. The summed E-state index contributed by atoms with van der Waals surface area (Å²) in [6.07, 6.45) is 2.24. The van der Waals surface area contributed by atoms with Crippen molar-refractivity contribution in [1.29, 1.82) is 0 Å². The molecule has 13 heteroatoms. The van der Waals surface area contributed by atoms with E-state index in [0.29, 0.717) is 21.0 Å². The summed E-state index contributed by atoms with van der Waals surface area (Å²) < 4.78 is 30.6. The molecule has 0 unspecified atom stereocenters. The molecule has 41 heavy (non-hydrogen) atoms. The number of nitrogens with one attached hydrogen (secondary N) is 1. The lowest BCUT2D eigenvalue weighted by Crippen LogP contribution is -2.43. The van der Waals surface area contributed by atoms with Gasteiger partial charge >= 0.3 is 0 Å². The Bertz CT molecular complexity index is 1550. The second-order valence-corrected chi connectivity index (χ2v) is 13.8. The third-order valence-electron chi connectivity index (χ3n) is 6.86. The molecule has 0 saturated carbocycles. The molecule has 0 aliphatic carbocycles. The fourth-order valence-corrected chi connectivity index (χ4v) is 7.62. The Morgan fingerprint density at radius 3 is 2.61 bits per heavy atom. The van der Waals surface area contributed by atoms with Crippen LogP contribution in [0.2, 0.25) is 4.34 Å². The highest BCUT2D eigenvalue weighted by Gasteiger charge is 2.33. The van der Waals surface area contributed by atoms with Crippen molar-refractivity contribution in [3.63, 3.8) is 0 Å². The van der Waals surface area contributed by atoms with Gasteiger partial charge in [-0.15, -0.1) is 11.3 Å². The number of ether oxygens (including phenoxy) is 1. The number of carbonyl (C=O) groups excluding carboxylic acids is 3. The molecule has 216 valence electrons. The highest BCUT2D eigenvalue weighted by molar-refractivity contribution is 7.94. The van der Waals surface area contributed by atoms with E-state index in [1.165, 1.54) is 24.4 Å². The van der Waals surface area contributed by atoms with Crippen molar-refractivity contribution < 1.29 is 27.5 Å². The molecule has 3 aromatic rings. The number of amides is 2. The molecule has 5 rings (SSSR count). The molecule has 4 heterocycles. The van der Waals surface area contributed by atoms with Crippen LogP contribution in [0.3, 0.4) is 0 Å². The summed E-state index contributed by atoms with van der Waals surface area (Å²) in [6, 6.07) is 11.3. The molecule has 0 atom stereocenters. The molecule has 1 saturated heterocycles. The Morgan fingerprint density at radius 2 is 1.90 bits per heavy atom. The summed E-state index contributed by atoms with van der Waals surface area (Å²) in [7, 11) is -3.79. The van der Waals surface area contributed by atoms with Gasteiger partial charge in [0, 0.05) is 43.5 Å². The van der Waals surface area contributed by atoms with E-state index in [-0.39, 0.29) is 22.9 Å². The normalized spacial score (nSPS) is 16.1. The second kappa shape index (κ2) is 12.8. The molecule has 10 nitrogen and oxygen atoms in total.